The number of unbranched alkanes of at least 4 members (excludes halogenated alkanes) is 2. The number of phenols is 1. The Morgan fingerprint density at radius 3 is 2.36 bits per heavy atom. The van der Waals surface area contributed by atoms with Crippen LogP contribution in [0.5, 0.6) is 5.75 Å². The van der Waals surface area contributed by atoms with Gasteiger partial charge in [-0.3, -0.25) is 19.6 Å². The van der Waals surface area contributed by atoms with Crippen LogP contribution in [0.15, 0.2) is 117 Å². The van der Waals surface area contributed by atoms with Crippen molar-refractivity contribution < 1.29 is 33.4 Å². The van der Waals surface area contributed by atoms with Crippen LogP contribution < -0.4 is 32.0 Å². The summed E-state index contributed by atoms with van der Waals surface area (Å²) in [6, 6.07) is 23.6. The Morgan fingerprint density at radius 1 is 0.788 bits per heavy atom. The van der Waals surface area contributed by atoms with Gasteiger partial charge < -0.3 is 40.3 Å². The van der Waals surface area contributed by atoms with E-state index in [0.29, 0.717) is 85.5 Å². The fraction of sp³-hybridized carbons (Fsp3) is 0.152. The molecule has 66 heavy (non-hydrogen) atoms. The van der Waals surface area contributed by atoms with E-state index in [1.165, 1.54) is 41.1 Å². The normalized spacial score (nSPS) is 11.3. The zero-order valence-electron chi connectivity index (χ0n) is 35.0. The fourth-order valence-electron chi connectivity index (χ4n) is 7.51. The molecule has 5 heterocycles. The van der Waals surface area contributed by atoms with Gasteiger partial charge in [0.15, 0.2) is 27.6 Å². The van der Waals surface area contributed by atoms with Crippen LogP contribution in [0, 0.1) is 0 Å². The van der Waals surface area contributed by atoms with Crippen molar-refractivity contribution in [2.24, 2.45) is 7.05 Å². The summed E-state index contributed by atoms with van der Waals surface area (Å²) in [7, 11) is 1.76. The predicted molar refractivity (Wildman–Crippen MR) is 250 cm³/mol. The lowest BCUT2D eigenvalue weighted by Gasteiger charge is -2.18. The number of carbonyl (C=O) groups excluding carboxylic acids is 2. The number of hydrogen-bond acceptors (Lipinski definition) is 12. The van der Waals surface area contributed by atoms with Gasteiger partial charge in [0.05, 0.1) is 23.6 Å². The number of rotatable bonds is 14. The van der Waals surface area contributed by atoms with Gasteiger partial charge in [0.1, 0.15) is 17.1 Å². The van der Waals surface area contributed by atoms with Gasteiger partial charge in [0.25, 0.3) is 0 Å². The number of benzene rings is 4. The number of aromatic hydroxyl groups is 1. The van der Waals surface area contributed by atoms with Gasteiger partial charge in [-0.25, -0.2) is 14.6 Å². The van der Waals surface area contributed by atoms with Gasteiger partial charge in [-0.1, -0.05) is 18.2 Å². The predicted octanol–water partition coefficient (Wildman–Crippen LogP) is 7.01. The maximum absolute atomic E-state index is 13.1. The average Bonchev–Trinajstić information content (AvgIpc) is 4.06. The van der Waals surface area contributed by atoms with Gasteiger partial charge in [-0.15, -0.1) is 5.10 Å². The summed E-state index contributed by atoms with van der Waals surface area (Å²) >= 11 is 5.49. The minimum Gasteiger partial charge on any atom is -0.508 e. The molecule has 0 atom stereocenters. The molecule has 7 aromatic rings. The number of carboxylic acids is 1. The van der Waals surface area contributed by atoms with Crippen LogP contribution in [0.25, 0.3) is 61.7 Å². The molecule has 7 N–H and O–H groups in total. The van der Waals surface area contributed by atoms with E-state index in [1.807, 2.05) is 0 Å². The largest absolute Gasteiger partial charge is 0.508 e. The summed E-state index contributed by atoms with van der Waals surface area (Å²) in [5, 5.41) is 45.4. The molecule has 0 spiro atoms. The summed E-state index contributed by atoms with van der Waals surface area (Å²) in [5.41, 5.74) is 4.06. The lowest BCUT2D eigenvalue weighted by atomic mass is 9.90. The maximum atomic E-state index is 13.1. The number of aromatic carboxylic acids is 1. The maximum Gasteiger partial charge on any atom is 0.336 e. The molecule has 1 aliphatic heterocycles. The SMILES string of the molecule is Cn1cc2c(nc(NC(=O)Nc3ccc(CC(=O)NCCCCCNC(=S)Nc4ccc(-c5c6ccc(=O)cc-6oc6cc(O)ccc56)c(C(=O)O)c4)cc3)n3nc(-c4ccco4)nc23)n1. The van der Waals surface area contributed by atoms with Crippen LogP contribution in [0.1, 0.15) is 35.2 Å². The molecule has 332 valence electrons. The second kappa shape index (κ2) is 18.2. The number of nitrogens with one attached hydrogen (secondary N) is 5. The molecule has 2 aliphatic rings. The molecule has 1 aliphatic carbocycles. The molecule has 0 saturated carbocycles. The number of nitrogens with zero attached hydrogens (tertiary/aromatic N) is 6. The molecule has 3 aromatic carbocycles. The van der Waals surface area contributed by atoms with Crippen molar-refractivity contribution in [3.8, 4) is 39.8 Å². The van der Waals surface area contributed by atoms with Gasteiger partial charge in [0.2, 0.25) is 17.7 Å². The Morgan fingerprint density at radius 2 is 1.58 bits per heavy atom. The first-order valence-corrected chi connectivity index (χ1v) is 21.1. The number of phenolic OH excluding ortho intramolecular Hbond substituents is 1. The number of carbonyl (C=O) groups is 3. The van der Waals surface area contributed by atoms with Crippen molar-refractivity contribution in [2.45, 2.75) is 25.7 Å². The molecular formula is C46H39N11O8S. The Balaban J connectivity index is 0.716. The van der Waals surface area contributed by atoms with Crippen LogP contribution in [-0.2, 0) is 18.3 Å². The number of aryl methyl sites for hydroxylation is 1. The zero-order valence-corrected chi connectivity index (χ0v) is 35.8. The Kier molecular flexibility index (Phi) is 11.8. The number of thiocarbonyl (C=S) groups is 1. The first kappa shape index (κ1) is 42.6. The van der Waals surface area contributed by atoms with E-state index in [-0.39, 0.29) is 40.8 Å². The third-order valence-corrected chi connectivity index (χ3v) is 10.8. The highest BCUT2D eigenvalue weighted by Gasteiger charge is 2.23. The van der Waals surface area contributed by atoms with Gasteiger partial charge in [-0.05, 0) is 103 Å². The van der Waals surface area contributed by atoms with E-state index < -0.39 is 12.0 Å². The average molecular weight is 906 g/mol. The lowest BCUT2D eigenvalue weighted by molar-refractivity contribution is -0.120. The van der Waals surface area contributed by atoms with Crippen molar-refractivity contribution in [1.82, 2.24) is 40.0 Å². The smallest absolute Gasteiger partial charge is 0.336 e. The standard InChI is InChI=1S/C46H39N11O8S/c1-56-24-34-40(54-56)52-44(57-42(34)51-41(55-57)35-6-5-19-64-35)53-45(63)49-26-9-7-25(8-10-26)20-38(60)47-17-3-2-4-18-48-46(66)50-27-11-14-30(33(21-27)43(61)62)39-31-15-12-28(58)22-36(31)65-37-23-29(59)13-16-32(37)39/h5-16,19,21-24,58H,2-4,17-18,20H2,1H3,(H,47,60)(H,61,62)(H2,48,50,66)(H2,49,52,53,54,63). The molecule has 0 radical (unpaired) electrons. The van der Waals surface area contributed by atoms with E-state index in [2.05, 4.69) is 46.7 Å². The molecule has 0 fully saturated rings. The Hall–Kier alpha value is -8.65. The van der Waals surface area contributed by atoms with E-state index in [4.69, 9.17) is 21.1 Å². The summed E-state index contributed by atoms with van der Waals surface area (Å²) < 4.78 is 14.4. The first-order valence-electron chi connectivity index (χ1n) is 20.7. The number of hydrogen-bond donors (Lipinski definition) is 7. The van der Waals surface area contributed by atoms with Crippen LogP contribution in [0.4, 0.5) is 22.1 Å². The highest BCUT2D eigenvalue weighted by atomic mass is 32.1. The summed E-state index contributed by atoms with van der Waals surface area (Å²) in [6.07, 6.45) is 5.77. The summed E-state index contributed by atoms with van der Waals surface area (Å²) in [5.74, 6) is -0.190. The number of fused-ring (bicyclic) bond motifs is 5. The molecule has 3 amide bonds. The third-order valence-electron chi connectivity index (χ3n) is 10.5. The van der Waals surface area contributed by atoms with Crippen LogP contribution >= 0.6 is 12.2 Å². The molecule has 20 heteroatoms. The van der Waals surface area contributed by atoms with E-state index >= 15 is 0 Å². The second-order valence-electron chi connectivity index (χ2n) is 15.2. The Labute approximate surface area is 378 Å². The van der Waals surface area contributed by atoms with Gasteiger partial charge in [0, 0.05) is 66.4 Å². The molecule has 19 nitrogen and oxygen atoms in total. The molecule has 4 aromatic heterocycles. The molecule has 0 saturated heterocycles. The monoisotopic (exact) mass is 905 g/mol. The number of aromatic nitrogens is 6. The van der Waals surface area contributed by atoms with E-state index in [1.54, 1.807) is 78.6 Å². The van der Waals surface area contributed by atoms with Crippen molar-refractivity contribution in [2.75, 3.05) is 29.0 Å². The van der Waals surface area contributed by atoms with Gasteiger partial charge in [-0.2, -0.15) is 14.6 Å². The molecule has 0 unspecified atom stereocenters. The summed E-state index contributed by atoms with van der Waals surface area (Å²) in [4.78, 5) is 59.6. The second-order valence-corrected chi connectivity index (χ2v) is 15.7. The lowest BCUT2D eigenvalue weighted by Crippen LogP contribution is -2.29. The zero-order chi connectivity index (χ0) is 45.9. The number of urea groups is 1. The van der Waals surface area contributed by atoms with Gasteiger partial charge >= 0.3 is 12.0 Å². The topological polar surface area (TPSA) is 256 Å². The third kappa shape index (κ3) is 9.19. The van der Waals surface area contributed by atoms with Crippen LogP contribution in [0.3, 0.4) is 0 Å². The number of furan rings is 1. The van der Waals surface area contributed by atoms with E-state index in [9.17, 15) is 29.4 Å². The Bertz CT molecular complexity index is 3340. The molecule has 9 rings (SSSR count). The molecular weight excluding hydrogens is 867 g/mol. The fourth-order valence-corrected chi connectivity index (χ4v) is 7.73. The highest BCUT2D eigenvalue weighted by molar-refractivity contribution is 7.80. The number of anilines is 3. The highest BCUT2D eigenvalue weighted by Crippen LogP contribution is 2.42. The van der Waals surface area contributed by atoms with Crippen molar-refractivity contribution in [3.63, 3.8) is 0 Å². The molecule has 0 bridgehead atoms. The van der Waals surface area contributed by atoms with Crippen LogP contribution in [-0.4, -0.2) is 75.7 Å². The van der Waals surface area contributed by atoms with Crippen molar-refractivity contribution in [3.05, 3.63) is 125 Å². The van der Waals surface area contributed by atoms with E-state index in [0.717, 1.165) is 24.8 Å². The van der Waals surface area contributed by atoms with Crippen LogP contribution in [0.2, 0.25) is 0 Å². The minimum atomic E-state index is -1.17. The quantitative estimate of drug-likeness (QED) is 0.0329. The number of carboxylic acid groups (broad SMARTS) is 1. The first-order chi connectivity index (χ1) is 31.9. The van der Waals surface area contributed by atoms with Crippen molar-refractivity contribution >= 4 is 80.2 Å². The minimum absolute atomic E-state index is 0.00231. The number of amides is 3. The summed E-state index contributed by atoms with van der Waals surface area (Å²) in [6.45, 7) is 1.04. The van der Waals surface area contributed by atoms with Crippen molar-refractivity contribution in [1.29, 1.82) is 0 Å².